The summed E-state index contributed by atoms with van der Waals surface area (Å²) >= 11 is 1.36. The van der Waals surface area contributed by atoms with Gasteiger partial charge in [0.1, 0.15) is 6.29 Å². The summed E-state index contributed by atoms with van der Waals surface area (Å²) in [5.74, 6) is 0.613. The summed E-state index contributed by atoms with van der Waals surface area (Å²) in [7, 11) is 0. The second-order valence-corrected chi connectivity index (χ2v) is 9.02. The summed E-state index contributed by atoms with van der Waals surface area (Å²) in [6.07, 6.45) is 1.02. The first kappa shape index (κ1) is 21.2. The minimum absolute atomic E-state index is 0.0618. The molecule has 0 saturated carbocycles. The molecule has 0 bridgehead atoms. The number of non-ortho nitro benzene ring substituents is 1. The van der Waals surface area contributed by atoms with Gasteiger partial charge in [0, 0.05) is 48.5 Å². The third-order valence-corrected chi connectivity index (χ3v) is 6.33. The lowest BCUT2D eigenvalue weighted by Crippen LogP contribution is -2.46. The maximum absolute atomic E-state index is 11.0. The molecule has 1 saturated heterocycles. The van der Waals surface area contributed by atoms with Gasteiger partial charge in [0.2, 0.25) is 5.89 Å². The molecule has 4 rings (SSSR count). The van der Waals surface area contributed by atoms with Crippen molar-refractivity contribution in [3.63, 3.8) is 0 Å². The lowest BCUT2D eigenvalue weighted by molar-refractivity contribution is -0.384. The van der Waals surface area contributed by atoms with Crippen LogP contribution in [0, 0.1) is 23.0 Å². The fraction of sp³-hybridized carbons (Fsp3) is 0.318. The fourth-order valence-electron chi connectivity index (χ4n) is 3.62. The molecule has 31 heavy (non-hydrogen) atoms. The third-order valence-electron chi connectivity index (χ3n) is 5.34. The Bertz CT molecular complexity index is 1110. The predicted octanol–water partition coefficient (Wildman–Crippen LogP) is 4.44. The molecule has 1 atom stereocenters. The monoisotopic (exact) mass is 438 g/mol. The number of thioether (sulfide) groups is 1. The first-order chi connectivity index (χ1) is 14.9. The minimum atomic E-state index is -0.402. The number of carbonyl (C=O) groups is 1. The van der Waals surface area contributed by atoms with Crippen molar-refractivity contribution >= 4 is 23.7 Å². The van der Waals surface area contributed by atoms with E-state index in [0.29, 0.717) is 11.1 Å². The van der Waals surface area contributed by atoms with Crippen LogP contribution in [0.25, 0.3) is 11.5 Å². The molecule has 9 heteroatoms. The topological polar surface area (TPSA) is 102 Å². The molecule has 0 radical (unpaired) electrons. The Kier molecular flexibility index (Phi) is 6.15. The minimum Gasteiger partial charge on any atom is -0.411 e. The van der Waals surface area contributed by atoms with Gasteiger partial charge in [0.15, 0.2) is 0 Å². The Morgan fingerprint density at radius 3 is 2.81 bits per heavy atom. The summed E-state index contributed by atoms with van der Waals surface area (Å²) in [6.45, 7) is 6.40. The number of rotatable bonds is 8. The van der Waals surface area contributed by atoms with Gasteiger partial charge < -0.3 is 9.21 Å². The van der Waals surface area contributed by atoms with Crippen LogP contribution >= 0.6 is 11.8 Å². The highest BCUT2D eigenvalue weighted by molar-refractivity contribution is 7.99. The van der Waals surface area contributed by atoms with Gasteiger partial charge in [-0.2, -0.15) is 0 Å². The SMILES string of the molecule is Cc1cc(CN2CC(C=O)C2)ccc1-c1nnc(SC(C)c2cccc([N+](=O)[O-])c2)o1. The first-order valence-corrected chi connectivity index (χ1v) is 10.8. The van der Waals surface area contributed by atoms with Crippen molar-refractivity contribution in [2.45, 2.75) is 30.9 Å². The second-order valence-electron chi connectivity index (χ2n) is 7.72. The molecule has 0 aliphatic carbocycles. The second kappa shape index (κ2) is 8.99. The van der Waals surface area contributed by atoms with Gasteiger partial charge in [-0.25, -0.2) is 0 Å². The van der Waals surface area contributed by atoms with E-state index in [0.717, 1.165) is 42.6 Å². The van der Waals surface area contributed by atoms with Crippen LogP contribution < -0.4 is 0 Å². The fourth-order valence-corrected chi connectivity index (χ4v) is 4.42. The zero-order valence-electron chi connectivity index (χ0n) is 17.2. The van der Waals surface area contributed by atoms with E-state index in [-0.39, 0.29) is 16.9 Å². The summed E-state index contributed by atoms with van der Waals surface area (Å²) < 4.78 is 5.86. The van der Waals surface area contributed by atoms with Crippen molar-refractivity contribution in [1.82, 2.24) is 15.1 Å². The van der Waals surface area contributed by atoms with Gasteiger partial charge in [0.25, 0.3) is 10.9 Å². The Balaban J connectivity index is 1.43. The molecule has 0 N–H and O–H groups in total. The normalized spacial score (nSPS) is 15.4. The van der Waals surface area contributed by atoms with Crippen molar-refractivity contribution in [2.75, 3.05) is 13.1 Å². The highest BCUT2D eigenvalue weighted by atomic mass is 32.2. The number of aromatic nitrogens is 2. The van der Waals surface area contributed by atoms with Crippen LogP contribution in [0.2, 0.25) is 0 Å². The maximum Gasteiger partial charge on any atom is 0.277 e. The standard InChI is InChI=1S/C22H22N4O4S/c1-14-8-16(10-25-11-17(12-25)13-27)6-7-20(14)21-23-24-22(30-21)31-15(2)18-4-3-5-19(9-18)26(28)29/h3-9,13,15,17H,10-12H2,1-2H3. The van der Waals surface area contributed by atoms with Crippen molar-refractivity contribution in [2.24, 2.45) is 5.92 Å². The summed E-state index contributed by atoms with van der Waals surface area (Å²) in [5, 5.41) is 19.7. The number of aryl methyl sites for hydroxylation is 1. The lowest BCUT2D eigenvalue weighted by atomic mass is 9.99. The molecule has 2 heterocycles. The predicted molar refractivity (Wildman–Crippen MR) is 117 cm³/mol. The number of benzene rings is 2. The van der Waals surface area contributed by atoms with Crippen molar-refractivity contribution in [1.29, 1.82) is 0 Å². The van der Waals surface area contributed by atoms with Gasteiger partial charge in [-0.1, -0.05) is 36.0 Å². The molecular weight excluding hydrogens is 416 g/mol. The van der Waals surface area contributed by atoms with Gasteiger partial charge in [-0.15, -0.1) is 10.2 Å². The molecule has 2 aromatic carbocycles. The van der Waals surface area contributed by atoms with Crippen molar-refractivity contribution in [3.8, 4) is 11.5 Å². The largest absolute Gasteiger partial charge is 0.411 e. The zero-order chi connectivity index (χ0) is 22.0. The quantitative estimate of drug-likeness (QED) is 0.220. The van der Waals surface area contributed by atoms with Gasteiger partial charge in [0.05, 0.1) is 4.92 Å². The number of aldehydes is 1. The Morgan fingerprint density at radius 2 is 2.10 bits per heavy atom. The van der Waals surface area contributed by atoms with Crippen LogP contribution in [0.1, 0.15) is 28.9 Å². The maximum atomic E-state index is 11.0. The molecule has 160 valence electrons. The molecule has 8 nitrogen and oxygen atoms in total. The number of nitro benzene ring substituents is 1. The van der Waals surface area contributed by atoms with E-state index < -0.39 is 4.92 Å². The first-order valence-electron chi connectivity index (χ1n) is 9.95. The molecule has 1 fully saturated rings. The molecule has 1 aromatic heterocycles. The van der Waals surface area contributed by atoms with Crippen LogP contribution in [-0.2, 0) is 11.3 Å². The van der Waals surface area contributed by atoms with E-state index >= 15 is 0 Å². The van der Waals surface area contributed by atoms with Crippen LogP contribution in [0.15, 0.2) is 52.1 Å². The van der Waals surface area contributed by atoms with E-state index in [2.05, 4.69) is 21.2 Å². The zero-order valence-corrected chi connectivity index (χ0v) is 18.0. The van der Waals surface area contributed by atoms with E-state index in [1.807, 2.05) is 32.0 Å². The van der Waals surface area contributed by atoms with Crippen molar-refractivity contribution < 1.29 is 14.1 Å². The number of hydrogen-bond acceptors (Lipinski definition) is 8. The Hall–Kier alpha value is -3.04. The molecule has 0 amide bonds. The summed E-state index contributed by atoms with van der Waals surface area (Å²) in [4.78, 5) is 23.6. The number of nitrogens with zero attached hydrogens (tertiary/aromatic N) is 4. The smallest absolute Gasteiger partial charge is 0.277 e. The average molecular weight is 439 g/mol. The summed E-state index contributed by atoms with van der Waals surface area (Å²) in [6, 6.07) is 12.7. The molecule has 1 unspecified atom stereocenters. The molecule has 1 aliphatic rings. The van der Waals surface area contributed by atoms with Crippen LogP contribution in [-0.4, -0.2) is 39.4 Å². The van der Waals surface area contributed by atoms with E-state index in [1.165, 1.54) is 23.4 Å². The highest BCUT2D eigenvalue weighted by Gasteiger charge is 2.26. The number of hydrogen-bond donors (Lipinski definition) is 0. The third kappa shape index (κ3) is 4.83. The van der Waals surface area contributed by atoms with Crippen LogP contribution in [0.5, 0.6) is 0 Å². The number of carbonyl (C=O) groups excluding carboxylic acids is 1. The van der Waals surface area contributed by atoms with E-state index in [1.54, 1.807) is 12.1 Å². The van der Waals surface area contributed by atoms with E-state index in [9.17, 15) is 14.9 Å². The molecular formula is C22H22N4O4S. The highest BCUT2D eigenvalue weighted by Crippen LogP contribution is 2.36. The van der Waals surface area contributed by atoms with Crippen molar-refractivity contribution in [3.05, 3.63) is 69.3 Å². The average Bonchev–Trinajstić information content (AvgIpc) is 3.18. The molecule has 3 aromatic rings. The lowest BCUT2D eigenvalue weighted by Gasteiger charge is -2.36. The molecule has 1 aliphatic heterocycles. The Labute approximate surface area is 183 Å². The van der Waals surface area contributed by atoms with Gasteiger partial charge >= 0.3 is 0 Å². The van der Waals surface area contributed by atoms with Gasteiger partial charge in [-0.3, -0.25) is 15.0 Å². The van der Waals surface area contributed by atoms with E-state index in [4.69, 9.17) is 4.42 Å². The van der Waals surface area contributed by atoms with Crippen LogP contribution in [0.4, 0.5) is 5.69 Å². The summed E-state index contributed by atoms with van der Waals surface area (Å²) in [5.41, 5.74) is 3.98. The van der Waals surface area contributed by atoms with Gasteiger partial charge in [-0.05, 0) is 36.6 Å². The number of nitro groups is 1. The van der Waals surface area contributed by atoms with Crippen LogP contribution in [0.3, 0.4) is 0 Å². The number of likely N-dealkylation sites (tertiary alicyclic amines) is 1. The molecule has 0 spiro atoms. The Morgan fingerprint density at radius 1 is 1.29 bits per heavy atom.